The Hall–Kier alpha value is -2.33. The van der Waals surface area contributed by atoms with E-state index in [4.69, 9.17) is 16.3 Å². The molecule has 0 saturated heterocycles. The van der Waals surface area contributed by atoms with Crippen molar-refractivity contribution in [3.8, 4) is 5.75 Å². The van der Waals surface area contributed by atoms with Crippen LogP contribution in [0.2, 0.25) is 5.02 Å². The molecule has 0 spiro atoms. The minimum absolute atomic E-state index is 0.219. The third-order valence-corrected chi connectivity index (χ3v) is 4.04. The van der Waals surface area contributed by atoms with Gasteiger partial charge in [0.1, 0.15) is 12.4 Å². The maximum absolute atomic E-state index is 12.0. The summed E-state index contributed by atoms with van der Waals surface area (Å²) < 4.78 is 5.74. The fourth-order valence-electron chi connectivity index (χ4n) is 1.92. The fourth-order valence-corrected chi connectivity index (χ4v) is 2.03. The van der Waals surface area contributed by atoms with E-state index in [0.717, 1.165) is 34.0 Å². The summed E-state index contributed by atoms with van der Waals surface area (Å²) in [6.07, 6.45) is 0.806. The normalized spacial score (nSPS) is 11.2. The van der Waals surface area contributed by atoms with Gasteiger partial charge in [-0.1, -0.05) is 30.7 Å². The van der Waals surface area contributed by atoms with Crippen LogP contribution in [0.25, 0.3) is 0 Å². The van der Waals surface area contributed by atoms with Gasteiger partial charge in [0, 0.05) is 16.3 Å². The molecular weight excluding hydrogens is 324 g/mol. The topological polar surface area (TPSA) is 50.7 Å². The van der Waals surface area contributed by atoms with Crippen molar-refractivity contribution in [1.82, 2.24) is 5.43 Å². The smallest absolute Gasteiger partial charge is 0.271 e. The number of hydrogen-bond acceptors (Lipinski definition) is 3. The van der Waals surface area contributed by atoms with Gasteiger partial charge in [0.25, 0.3) is 5.91 Å². The Morgan fingerprint density at radius 3 is 2.54 bits per heavy atom. The molecule has 4 nitrogen and oxygen atoms in total. The van der Waals surface area contributed by atoms with Gasteiger partial charge in [-0.25, -0.2) is 5.43 Å². The highest BCUT2D eigenvalue weighted by Crippen LogP contribution is 2.21. The number of aryl methyl sites for hydroxylation is 1. The van der Waals surface area contributed by atoms with E-state index in [0.29, 0.717) is 12.2 Å². The number of nitrogens with one attached hydrogen (secondary N) is 1. The number of hydrogen-bond donors (Lipinski definition) is 1. The standard InChI is InChI=1S/C19H21ClN2O2/c1-4-14(3)21-22-19(23)16-7-5-15(6-8-16)12-24-17-9-10-18(20)13(2)11-17/h5-11H,4,12H2,1-3H3,(H,22,23). The molecule has 2 aromatic carbocycles. The summed E-state index contributed by atoms with van der Waals surface area (Å²) in [6, 6.07) is 12.8. The average molecular weight is 345 g/mol. The zero-order valence-electron chi connectivity index (χ0n) is 14.1. The molecule has 2 rings (SSSR count). The van der Waals surface area contributed by atoms with Crippen LogP contribution in [0.4, 0.5) is 0 Å². The minimum atomic E-state index is -0.219. The number of carbonyl (C=O) groups is 1. The first-order valence-corrected chi connectivity index (χ1v) is 8.18. The van der Waals surface area contributed by atoms with E-state index in [-0.39, 0.29) is 5.91 Å². The molecule has 0 heterocycles. The highest BCUT2D eigenvalue weighted by molar-refractivity contribution is 6.31. The predicted octanol–water partition coefficient (Wildman–Crippen LogP) is 4.74. The number of hydrazone groups is 1. The number of nitrogens with zero attached hydrogens (tertiary/aromatic N) is 1. The van der Waals surface area contributed by atoms with Crippen molar-refractivity contribution in [3.05, 3.63) is 64.2 Å². The van der Waals surface area contributed by atoms with E-state index < -0.39 is 0 Å². The molecule has 5 heteroatoms. The van der Waals surface area contributed by atoms with Crippen molar-refractivity contribution in [2.45, 2.75) is 33.8 Å². The van der Waals surface area contributed by atoms with Gasteiger partial charge in [0.05, 0.1) is 0 Å². The molecule has 2 aromatic rings. The molecular formula is C19H21ClN2O2. The maximum Gasteiger partial charge on any atom is 0.271 e. The molecule has 0 aromatic heterocycles. The van der Waals surface area contributed by atoms with Crippen LogP contribution in [0.3, 0.4) is 0 Å². The zero-order valence-corrected chi connectivity index (χ0v) is 14.9. The molecule has 0 atom stereocenters. The van der Waals surface area contributed by atoms with Gasteiger partial charge < -0.3 is 4.74 Å². The Labute approximate surface area is 147 Å². The Bertz CT molecular complexity index is 740. The number of rotatable bonds is 6. The van der Waals surface area contributed by atoms with Gasteiger partial charge in [-0.2, -0.15) is 5.10 Å². The van der Waals surface area contributed by atoms with Crippen molar-refractivity contribution in [2.24, 2.45) is 5.10 Å². The number of ether oxygens (including phenoxy) is 1. The van der Waals surface area contributed by atoms with Gasteiger partial charge in [-0.05, 0) is 61.7 Å². The average Bonchev–Trinajstić information content (AvgIpc) is 2.60. The summed E-state index contributed by atoms with van der Waals surface area (Å²) in [6.45, 7) is 6.22. The second kappa shape index (κ2) is 8.50. The molecule has 0 aliphatic carbocycles. The van der Waals surface area contributed by atoms with Gasteiger partial charge >= 0.3 is 0 Å². The molecule has 0 unspecified atom stereocenters. The monoisotopic (exact) mass is 344 g/mol. The maximum atomic E-state index is 12.0. The fraction of sp³-hybridized carbons (Fsp3) is 0.263. The third kappa shape index (κ3) is 5.10. The van der Waals surface area contributed by atoms with E-state index in [9.17, 15) is 4.79 Å². The zero-order chi connectivity index (χ0) is 17.5. The highest BCUT2D eigenvalue weighted by Gasteiger charge is 2.05. The van der Waals surface area contributed by atoms with Crippen molar-refractivity contribution in [2.75, 3.05) is 0 Å². The Morgan fingerprint density at radius 2 is 1.92 bits per heavy atom. The first-order valence-electron chi connectivity index (χ1n) is 7.81. The summed E-state index contributed by atoms with van der Waals surface area (Å²) >= 11 is 6.00. The molecule has 0 saturated carbocycles. The lowest BCUT2D eigenvalue weighted by molar-refractivity contribution is 0.0954. The molecule has 126 valence electrons. The SMILES string of the molecule is CCC(C)=NNC(=O)c1ccc(COc2ccc(Cl)c(C)c2)cc1. The van der Waals surface area contributed by atoms with Crippen LogP contribution < -0.4 is 10.2 Å². The number of amides is 1. The highest BCUT2D eigenvalue weighted by atomic mass is 35.5. The minimum Gasteiger partial charge on any atom is -0.489 e. The first-order chi connectivity index (χ1) is 11.5. The van der Waals surface area contributed by atoms with E-state index in [1.807, 2.05) is 51.1 Å². The van der Waals surface area contributed by atoms with E-state index in [1.54, 1.807) is 12.1 Å². The number of carbonyl (C=O) groups excluding carboxylic acids is 1. The van der Waals surface area contributed by atoms with Crippen LogP contribution in [-0.4, -0.2) is 11.6 Å². The lowest BCUT2D eigenvalue weighted by Crippen LogP contribution is -2.18. The van der Waals surface area contributed by atoms with E-state index >= 15 is 0 Å². The molecule has 0 fully saturated rings. The molecule has 0 aliphatic rings. The molecule has 0 bridgehead atoms. The summed E-state index contributed by atoms with van der Waals surface area (Å²) in [5.74, 6) is 0.548. The van der Waals surface area contributed by atoms with Crippen LogP contribution in [0.5, 0.6) is 5.75 Å². The summed E-state index contributed by atoms with van der Waals surface area (Å²) in [4.78, 5) is 12.0. The van der Waals surface area contributed by atoms with Crippen molar-refractivity contribution in [3.63, 3.8) is 0 Å². The summed E-state index contributed by atoms with van der Waals surface area (Å²) in [7, 11) is 0. The van der Waals surface area contributed by atoms with Crippen molar-refractivity contribution in [1.29, 1.82) is 0 Å². The molecule has 0 aliphatic heterocycles. The first kappa shape index (κ1) is 18.0. The van der Waals surface area contributed by atoms with Gasteiger partial charge in [-0.3, -0.25) is 4.79 Å². The molecule has 1 N–H and O–H groups in total. The van der Waals surface area contributed by atoms with Crippen molar-refractivity contribution < 1.29 is 9.53 Å². The molecule has 0 radical (unpaired) electrons. The lowest BCUT2D eigenvalue weighted by atomic mass is 10.1. The Balaban J connectivity index is 1.94. The van der Waals surface area contributed by atoms with Crippen LogP contribution in [0, 0.1) is 6.92 Å². The van der Waals surface area contributed by atoms with Crippen LogP contribution in [-0.2, 0) is 6.61 Å². The summed E-state index contributed by atoms with van der Waals surface area (Å²) in [5, 5.41) is 4.74. The van der Waals surface area contributed by atoms with E-state index in [2.05, 4.69) is 10.5 Å². The summed E-state index contributed by atoms with van der Waals surface area (Å²) in [5.41, 5.74) is 5.94. The van der Waals surface area contributed by atoms with Gasteiger partial charge in [0.15, 0.2) is 0 Å². The molecule has 24 heavy (non-hydrogen) atoms. The van der Waals surface area contributed by atoms with Crippen molar-refractivity contribution >= 4 is 23.2 Å². The van der Waals surface area contributed by atoms with Gasteiger partial charge in [0.2, 0.25) is 0 Å². The van der Waals surface area contributed by atoms with Crippen LogP contribution >= 0.6 is 11.6 Å². The largest absolute Gasteiger partial charge is 0.489 e. The quantitative estimate of drug-likeness (QED) is 0.607. The second-order valence-electron chi connectivity index (χ2n) is 5.54. The Kier molecular flexibility index (Phi) is 6.38. The van der Waals surface area contributed by atoms with Crippen LogP contribution in [0.15, 0.2) is 47.6 Å². The number of benzene rings is 2. The van der Waals surface area contributed by atoms with E-state index in [1.165, 1.54) is 0 Å². The molecule has 1 amide bonds. The Morgan fingerprint density at radius 1 is 1.21 bits per heavy atom. The second-order valence-corrected chi connectivity index (χ2v) is 5.95. The van der Waals surface area contributed by atoms with Gasteiger partial charge in [-0.15, -0.1) is 0 Å². The number of halogens is 1. The third-order valence-electron chi connectivity index (χ3n) is 3.61. The lowest BCUT2D eigenvalue weighted by Gasteiger charge is -2.08. The van der Waals surface area contributed by atoms with Crippen LogP contribution in [0.1, 0.15) is 41.8 Å². The predicted molar refractivity (Wildman–Crippen MR) is 97.8 cm³/mol.